The van der Waals surface area contributed by atoms with Gasteiger partial charge in [0.05, 0.1) is 17.2 Å². The molecule has 2 aromatic carbocycles. The third-order valence-corrected chi connectivity index (χ3v) is 4.65. The van der Waals surface area contributed by atoms with Crippen molar-refractivity contribution >= 4 is 15.7 Å². The molecule has 22 heavy (non-hydrogen) atoms. The summed E-state index contributed by atoms with van der Waals surface area (Å²) in [6.45, 7) is 2.39. The lowest BCUT2D eigenvalue weighted by Gasteiger charge is -2.18. The van der Waals surface area contributed by atoms with E-state index in [0.29, 0.717) is 18.7 Å². The van der Waals surface area contributed by atoms with Crippen molar-refractivity contribution in [3.63, 3.8) is 0 Å². The zero-order valence-corrected chi connectivity index (χ0v) is 12.9. The van der Waals surface area contributed by atoms with Crippen LogP contribution in [0.15, 0.2) is 58.5 Å². The number of para-hydroxylation sites is 1. The van der Waals surface area contributed by atoms with Crippen LogP contribution in [0.25, 0.3) is 0 Å². The first-order valence-electron chi connectivity index (χ1n) is 6.93. The van der Waals surface area contributed by atoms with Crippen molar-refractivity contribution in [2.45, 2.75) is 18.2 Å². The fourth-order valence-electron chi connectivity index (χ4n) is 2.22. The zero-order valence-electron chi connectivity index (χ0n) is 12.1. The first-order valence-corrected chi connectivity index (χ1v) is 8.42. The van der Waals surface area contributed by atoms with E-state index in [-0.39, 0.29) is 4.90 Å². The van der Waals surface area contributed by atoms with E-state index in [2.05, 4.69) is 9.93 Å². The predicted molar refractivity (Wildman–Crippen MR) is 84.6 cm³/mol. The summed E-state index contributed by atoms with van der Waals surface area (Å²) in [7, 11) is -3.66. The smallest absolute Gasteiger partial charge is 0.276 e. The SMILES string of the molecule is Cc1ccc(S(=O)(=O)N/N=C2/CCOc3ccccc32)cc1. The van der Waals surface area contributed by atoms with Gasteiger partial charge in [0.2, 0.25) is 0 Å². The number of ether oxygens (including phenoxy) is 1. The topological polar surface area (TPSA) is 67.8 Å². The molecule has 0 spiro atoms. The molecule has 3 rings (SSSR count). The Labute approximate surface area is 129 Å². The summed E-state index contributed by atoms with van der Waals surface area (Å²) >= 11 is 0. The number of hydrazone groups is 1. The Hall–Kier alpha value is -2.34. The number of hydrogen-bond donors (Lipinski definition) is 1. The fraction of sp³-hybridized carbons (Fsp3) is 0.188. The highest BCUT2D eigenvalue weighted by Crippen LogP contribution is 2.24. The summed E-state index contributed by atoms with van der Waals surface area (Å²) in [6.07, 6.45) is 0.563. The minimum absolute atomic E-state index is 0.197. The maximum atomic E-state index is 12.2. The average molecular weight is 316 g/mol. The molecule has 0 bridgehead atoms. The highest BCUT2D eigenvalue weighted by atomic mass is 32.2. The minimum atomic E-state index is -3.66. The quantitative estimate of drug-likeness (QED) is 0.885. The second-order valence-electron chi connectivity index (χ2n) is 5.06. The van der Waals surface area contributed by atoms with Gasteiger partial charge in [0.15, 0.2) is 0 Å². The van der Waals surface area contributed by atoms with Crippen LogP contribution in [0, 0.1) is 6.92 Å². The van der Waals surface area contributed by atoms with Crippen LogP contribution in [0.3, 0.4) is 0 Å². The normalized spacial score (nSPS) is 16.0. The number of aryl methyl sites for hydroxylation is 1. The van der Waals surface area contributed by atoms with E-state index in [4.69, 9.17) is 4.74 Å². The molecule has 0 saturated heterocycles. The van der Waals surface area contributed by atoms with E-state index >= 15 is 0 Å². The number of rotatable bonds is 3. The Morgan fingerprint density at radius 1 is 1.09 bits per heavy atom. The Morgan fingerprint density at radius 3 is 2.59 bits per heavy atom. The van der Waals surface area contributed by atoms with Crippen LogP contribution in [0.4, 0.5) is 0 Å². The first-order chi connectivity index (χ1) is 10.6. The van der Waals surface area contributed by atoms with Gasteiger partial charge in [-0.05, 0) is 31.2 Å². The summed E-state index contributed by atoms with van der Waals surface area (Å²) in [5.41, 5.74) is 2.50. The van der Waals surface area contributed by atoms with Gasteiger partial charge >= 0.3 is 0 Å². The summed E-state index contributed by atoms with van der Waals surface area (Å²) < 4.78 is 30.0. The lowest BCUT2D eigenvalue weighted by Crippen LogP contribution is -2.23. The van der Waals surface area contributed by atoms with Crippen molar-refractivity contribution in [2.24, 2.45) is 5.10 Å². The fourth-order valence-corrected chi connectivity index (χ4v) is 3.05. The number of nitrogens with zero attached hydrogens (tertiary/aromatic N) is 1. The van der Waals surface area contributed by atoms with Gasteiger partial charge in [0, 0.05) is 12.0 Å². The van der Waals surface area contributed by atoms with Gasteiger partial charge < -0.3 is 4.74 Å². The Kier molecular flexibility index (Phi) is 3.85. The molecule has 0 aromatic heterocycles. The van der Waals surface area contributed by atoms with Crippen LogP contribution in [0.2, 0.25) is 0 Å². The van der Waals surface area contributed by atoms with Gasteiger partial charge in [-0.25, -0.2) is 0 Å². The van der Waals surface area contributed by atoms with Crippen molar-refractivity contribution in [3.05, 3.63) is 59.7 Å². The second-order valence-corrected chi connectivity index (χ2v) is 6.72. The molecule has 6 heteroatoms. The third kappa shape index (κ3) is 2.96. The highest BCUT2D eigenvalue weighted by molar-refractivity contribution is 7.89. The van der Waals surface area contributed by atoms with E-state index in [9.17, 15) is 8.42 Å². The van der Waals surface area contributed by atoms with Crippen molar-refractivity contribution in [2.75, 3.05) is 6.61 Å². The van der Waals surface area contributed by atoms with Crippen LogP contribution in [0.5, 0.6) is 5.75 Å². The third-order valence-electron chi connectivity index (χ3n) is 3.43. The molecule has 0 saturated carbocycles. The van der Waals surface area contributed by atoms with Crippen molar-refractivity contribution in [3.8, 4) is 5.75 Å². The second kappa shape index (κ2) is 5.81. The largest absolute Gasteiger partial charge is 0.492 e. The van der Waals surface area contributed by atoms with Gasteiger partial charge in [-0.2, -0.15) is 18.4 Å². The summed E-state index contributed by atoms with van der Waals surface area (Å²) in [5.74, 6) is 0.724. The van der Waals surface area contributed by atoms with Gasteiger partial charge in [-0.15, -0.1) is 0 Å². The van der Waals surface area contributed by atoms with Crippen LogP contribution < -0.4 is 9.57 Å². The molecular formula is C16H16N2O3S. The molecule has 0 fully saturated rings. The van der Waals surface area contributed by atoms with E-state index in [1.165, 1.54) is 0 Å². The maximum absolute atomic E-state index is 12.2. The van der Waals surface area contributed by atoms with Crippen molar-refractivity contribution in [1.82, 2.24) is 4.83 Å². The van der Waals surface area contributed by atoms with Crippen LogP contribution in [-0.4, -0.2) is 20.7 Å². The van der Waals surface area contributed by atoms with Gasteiger partial charge in [0.1, 0.15) is 5.75 Å². The van der Waals surface area contributed by atoms with E-state index in [0.717, 1.165) is 16.9 Å². The van der Waals surface area contributed by atoms with E-state index in [1.807, 2.05) is 31.2 Å². The molecule has 5 nitrogen and oxygen atoms in total. The van der Waals surface area contributed by atoms with E-state index < -0.39 is 10.0 Å². The number of fused-ring (bicyclic) bond motifs is 1. The predicted octanol–water partition coefficient (Wildman–Crippen LogP) is 2.46. The number of sulfonamides is 1. The lowest BCUT2D eigenvalue weighted by atomic mass is 10.0. The molecule has 0 radical (unpaired) electrons. The Morgan fingerprint density at radius 2 is 1.82 bits per heavy atom. The summed E-state index contributed by atoms with van der Waals surface area (Å²) in [4.78, 5) is 2.51. The van der Waals surface area contributed by atoms with Gasteiger partial charge in [-0.3, -0.25) is 0 Å². The van der Waals surface area contributed by atoms with Crippen LogP contribution >= 0.6 is 0 Å². The standard InChI is InChI=1S/C16H16N2O3S/c1-12-6-8-13(9-7-12)22(19,20)18-17-15-10-11-21-16-5-3-2-4-14(15)16/h2-9,18H,10-11H2,1H3/b17-15-. The average Bonchev–Trinajstić information content (AvgIpc) is 2.53. The Balaban J connectivity index is 1.87. The van der Waals surface area contributed by atoms with Crippen molar-refractivity contribution < 1.29 is 13.2 Å². The molecular weight excluding hydrogens is 300 g/mol. The highest BCUT2D eigenvalue weighted by Gasteiger charge is 2.18. The van der Waals surface area contributed by atoms with Gasteiger partial charge in [-0.1, -0.05) is 29.8 Å². The summed E-state index contributed by atoms with van der Waals surface area (Å²) in [6, 6.07) is 14.1. The Bertz CT molecular complexity index is 812. The van der Waals surface area contributed by atoms with E-state index in [1.54, 1.807) is 24.3 Å². The molecule has 1 aliphatic heterocycles. The molecule has 1 heterocycles. The van der Waals surface area contributed by atoms with Gasteiger partial charge in [0.25, 0.3) is 10.0 Å². The molecule has 0 unspecified atom stereocenters. The zero-order chi connectivity index (χ0) is 15.6. The maximum Gasteiger partial charge on any atom is 0.276 e. The van der Waals surface area contributed by atoms with Crippen LogP contribution in [-0.2, 0) is 10.0 Å². The molecule has 0 amide bonds. The lowest BCUT2D eigenvalue weighted by molar-refractivity contribution is 0.320. The molecule has 1 N–H and O–H groups in total. The monoisotopic (exact) mass is 316 g/mol. The molecule has 114 valence electrons. The molecule has 2 aromatic rings. The van der Waals surface area contributed by atoms with Crippen molar-refractivity contribution in [1.29, 1.82) is 0 Å². The number of hydrogen-bond acceptors (Lipinski definition) is 4. The first kappa shape index (κ1) is 14.6. The molecule has 0 aliphatic carbocycles. The summed E-state index contributed by atoms with van der Waals surface area (Å²) in [5, 5.41) is 4.09. The van der Waals surface area contributed by atoms with Crippen LogP contribution in [0.1, 0.15) is 17.5 Å². The molecule has 0 atom stereocenters. The number of benzene rings is 2. The number of nitrogens with one attached hydrogen (secondary N) is 1. The molecule has 1 aliphatic rings. The minimum Gasteiger partial charge on any atom is -0.492 e.